The molecule has 2 nitrogen and oxygen atoms in total. The molecule has 2 N–H and O–H groups in total. The molecule has 2 rings (SSSR count). The number of rotatable bonds is 6. The van der Waals surface area contributed by atoms with Crippen LogP contribution < -0.4 is 5.73 Å². The van der Waals surface area contributed by atoms with E-state index in [1.807, 2.05) is 6.08 Å². The zero-order chi connectivity index (χ0) is 14.4. The molecule has 0 aliphatic carbocycles. The zero-order valence-corrected chi connectivity index (χ0v) is 12.7. The Morgan fingerprint density at radius 3 is 2.45 bits per heavy atom. The van der Waals surface area contributed by atoms with Gasteiger partial charge in [-0.25, -0.2) is 0 Å². The SMILES string of the molecule is C=CCC(N)(c1ccccc1)C(CC)N1CCCCC1. The van der Waals surface area contributed by atoms with E-state index in [2.05, 4.69) is 48.7 Å². The molecule has 0 radical (unpaired) electrons. The monoisotopic (exact) mass is 272 g/mol. The van der Waals surface area contributed by atoms with E-state index in [0.717, 1.165) is 12.8 Å². The van der Waals surface area contributed by atoms with E-state index in [4.69, 9.17) is 5.73 Å². The first-order valence-corrected chi connectivity index (χ1v) is 7.91. The fourth-order valence-electron chi connectivity index (χ4n) is 3.61. The summed E-state index contributed by atoms with van der Waals surface area (Å²) in [4.78, 5) is 2.60. The van der Waals surface area contributed by atoms with E-state index in [1.165, 1.54) is 37.9 Å². The summed E-state index contributed by atoms with van der Waals surface area (Å²) in [6, 6.07) is 10.9. The van der Waals surface area contributed by atoms with Crippen LogP contribution in [0.1, 0.15) is 44.6 Å². The van der Waals surface area contributed by atoms with Crippen molar-refractivity contribution in [2.75, 3.05) is 13.1 Å². The summed E-state index contributed by atoms with van der Waals surface area (Å²) in [5.41, 5.74) is 7.81. The summed E-state index contributed by atoms with van der Waals surface area (Å²) in [5.74, 6) is 0. The van der Waals surface area contributed by atoms with Crippen molar-refractivity contribution >= 4 is 0 Å². The van der Waals surface area contributed by atoms with E-state index in [1.54, 1.807) is 0 Å². The minimum atomic E-state index is -0.324. The Balaban J connectivity index is 2.31. The Kier molecular flexibility index (Phi) is 5.38. The predicted octanol–water partition coefficient (Wildman–Crippen LogP) is 3.68. The molecule has 1 heterocycles. The first-order chi connectivity index (χ1) is 9.72. The number of benzene rings is 1. The Labute approximate surface area is 123 Å². The van der Waals surface area contributed by atoms with E-state index >= 15 is 0 Å². The van der Waals surface area contributed by atoms with E-state index in [0.29, 0.717) is 6.04 Å². The fourth-order valence-corrected chi connectivity index (χ4v) is 3.61. The first kappa shape index (κ1) is 15.3. The lowest BCUT2D eigenvalue weighted by Gasteiger charge is -2.45. The molecule has 1 aromatic rings. The number of likely N-dealkylation sites (tertiary alicyclic amines) is 1. The van der Waals surface area contributed by atoms with Gasteiger partial charge in [0.25, 0.3) is 0 Å². The molecule has 0 spiro atoms. The molecule has 1 saturated heterocycles. The van der Waals surface area contributed by atoms with Gasteiger partial charge in [0, 0.05) is 6.04 Å². The Morgan fingerprint density at radius 2 is 1.90 bits per heavy atom. The van der Waals surface area contributed by atoms with Gasteiger partial charge in [-0.15, -0.1) is 6.58 Å². The summed E-state index contributed by atoms with van der Waals surface area (Å²) in [5, 5.41) is 0. The fraction of sp³-hybridized carbons (Fsp3) is 0.556. The van der Waals surface area contributed by atoms with Crippen molar-refractivity contribution in [3.05, 3.63) is 48.6 Å². The second-order valence-electron chi connectivity index (χ2n) is 5.92. The van der Waals surface area contributed by atoms with Gasteiger partial charge in [0.05, 0.1) is 5.54 Å². The van der Waals surface area contributed by atoms with Crippen LogP contribution in [0.5, 0.6) is 0 Å². The Morgan fingerprint density at radius 1 is 1.25 bits per heavy atom. The zero-order valence-electron chi connectivity index (χ0n) is 12.7. The summed E-state index contributed by atoms with van der Waals surface area (Å²) < 4.78 is 0. The highest BCUT2D eigenvalue weighted by atomic mass is 15.2. The predicted molar refractivity (Wildman–Crippen MR) is 86.6 cm³/mol. The van der Waals surface area contributed by atoms with E-state index in [9.17, 15) is 0 Å². The van der Waals surface area contributed by atoms with Crippen molar-refractivity contribution in [3.63, 3.8) is 0 Å². The van der Waals surface area contributed by atoms with Crippen molar-refractivity contribution in [2.45, 2.75) is 50.6 Å². The molecule has 1 aliphatic rings. The molecule has 1 fully saturated rings. The van der Waals surface area contributed by atoms with Crippen LogP contribution in [0.25, 0.3) is 0 Å². The number of nitrogens with zero attached hydrogens (tertiary/aromatic N) is 1. The maximum Gasteiger partial charge on any atom is 0.0601 e. The average molecular weight is 272 g/mol. The Hall–Kier alpha value is -1.12. The van der Waals surface area contributed by atoms with Crippen LogP contribution in [0.4, 0.5) is 0 Å². The molecule has 0 amide bonds. The van der Waals surface area contributed by atoms with Crippen LogP contribution in [0, 0.1) is 0 Å². The normalized spacial score (nSPS) is 21.1. The molecule has 1 aromatic carbocycles. The third-order valence-electron chi connectivity index (χ3n) is 4.61. The van der Waals surface area contributed by atoms with Crippen LogP contribution >= 0.6 is 0 Å². The van der Waals surface area contributed by atoms with Gasteiger partial charge in [-0.3, -0.25) is 4.90 Å². The maximum atomic E-state index is 6.90. The van der Waals surface area contributed by atoms with Crippen molar-refractivity contribution in [3.8, 4) is 0 Å². The average Bonchev–Trinajstić information content (AvgIpc) is 2.50. The maximum absolute atomic E-state index is 6.90. The quantitative estimate of drug-likeness (QED) is 0.800. The van der Waals surface area contributed by atoms with Crippen molar-refractivity contribution in [1.82, 2.24) is 4.90 Å². The van der Waals surface area contributed by atoms with E-state index < -0.39 is 0 Å². The van der Waals surface area contributed by atoms with Crippen LogP contribution in [-0.4, -0.2) is 24.0 Å². The van der Waals surface area contributed by atoms with Gasteiger partial charge in [-0.1, -0.05) is 49.8 Å². The van der Waals surface area contributed by atoms with Gasteiger partial charge in [0.2, 0.25) is 0 Å². The van der Waals surface area contributed by atoms with Gasteiger partial charge >= 0.3 is 0 Å². The third kappa shape index (κ3) is 3.13. The molecule has 110 valence electrons. The number of hydrogen-bond acceptors (Lipinski definition) is 2. The van der Waals surface area contributed by atoms with Gasteiger partial charge in [0.15, 0.2) is 0 Å². The highest BCUT2D eigenvalue weighted by Crippen LogP contribution is 2.33. The molecule has 0 bridgehead atoms. The summed E-state index contributed by atoms with van der Waals surface area (Å²) in [6.07, 6.45) is 7.84. The summed E-state index contributed by atoms with van der Waals surface area (Å²) >= 11 is 0. The molecular weight excluding hydrogens is 244 g/mol. The minimum absolute atomic E-state index is 0.324. The van der Waals surface area contributed by atoms with Crippen molar-refractivity contribution < 1.29 is 0 Å². The standard InChI is InChI=1S/C18H28N2/c1-3-13-18(19,16-11-7-5-8-12-16)17(4-2)20-14-9-6-10-15-20/h3,5,7-8,11-12,17H,1,4,6,9-10,13-15,19H2,2H3. The van der Waals surface area contributed by atoms with Crippen LogP contribution in [-0.2, 0) is 5.54 Å². The van der Waals surface area contributed by atoms with Crippen LogP contribution in [0.15, 0.2) is 43.0 Å². The lowest BCUT2D eigenvalue weighted by molar-refractivity contribution is 0.0932. The molecule has 0 saturated carbocycles. The number of hydrogen-bond donors (Lipinski definition) is 1. The molecule has 1 aliphatic heterocycles. The molecule has 2 heteroatoms. The van der Waals surface area contributed by atoms with Gasteiger partial charge < -0.3 is 5.73 Å². The molecule has 2 unspecified atom stereocenters. The lowest BCUT2D eigenvalue weighted by atomic mass is 9.78. The molecule has 0 aromatic heterocycles. The molecule has 20 heavy (non-hydrogen) atoms. The van der Waals surface area contributed by atoms with E-state index in [-0.39, 0.29) is 5.54 Å². The highest BCUT2D eigenvalue weighted by molar-refractivity contribution is 5.27. The largest absolute Gasteiger partial charge is 0.320 e. The Bertz CT molecular complexity index is 409. The molecule has 2 atom stereocenters. The second kappa shape index (κ2) is 7.05. The number of piperidine rings is 1. The highest BCUT2D eigenvalue weighted by Gasteiger charge is 2.38. The topological polar surface area (TPSA) is 29.3 Å². The lowest BCUT2D eigenvalue weighted by Crippen LogP contribution is -2.56. The second-order valence-corrected chi connectivity index (χ2v) is 5.92. The van der Waals surface area contributed by atoms with Crippen molar-refractivity contribution in [1.29, 1.82) is 0 Å². The summed E-state index contributed by atoms with van der Waals surface area (Å²) in [7, 11) is 0. The van der Waals surface area contributed by atoms with Crippen molar-refractivity contribution in [2.24, 2.45) is 5.73 Å². The summed E-state index contributed by atoms with van der Waals surface area (Å²) in [6.45, 7) is 8.56. The number of nitrogens with two attached hydrogens (primary N) is 1. The van der Waals surface area contributed by atoms with Gasteiger partial charge in [0.1, 0.15) is 0 Å². The first-order valence-electron chi connectivity index (χ1n) is 7.91. The smallest absolute Gasteiger partial charge is 0.0601 e. The van der Waals surface area contributed by atoms with Crippen LogP contribution in [0.2, 0.25) is 0 Å². The minimum Gasteiger partial charge on any atom is -0.320 e. The van der Waals surface area contributed by atoms with Gasteiger partial charge in [-0.2, -0.15) is 0 Å². The van der Waals surface area contributed by atoms with Gasteiger partial charge in [-0.05, 0) is 44.3 Å². The van der Waals surface area contributed by atoms with Crippen LogP contribution in [0.3, 0.4) is 0 Å². The third-order valence-corrected chi connectivity index (χ3v) is 4.61. The molecular formula is C18H28N2.